The van der Waals surface area contributed by atoms with E-state index in [4.69, 9.17) is 17.0 Å². The minimum atomic E-state index is -0.337. The Balaban J connectivity index is 1.50. The highest BCUT2D eigenvalue weighted by molar-refractivity contribution is 8.26. The molecule has 1 atom stereocenters. The van der Waals surface area contributed by atoms with Gasteiger partial charge in [0.25, 0.3) is 11.5 Å². The number of thiocarbonyl (C=S) groups is 1. The number of carbonyl (C=O) groups excluding carboxylic acids is 1. The molecule has 1 amide bonds. The molecule has 0 saturated carbocycles. The number of hydrogen-bond donors (Lipinski definition) is 0. The van der Waals surface area contributed by atoms with E-state index in [0.29, 0.717) is 72.0 Å². The maximum absolute atomic E-state index is 13.4. The van der Waals surface area contributed by atoms with Crippen molar-refractivity contribution in [3.05, 3.63) is 62.0 Å². The minimum Gasteiger partial charge on any atom is -0.376 e. The molecule has 4 heterocycles. The molecule has 0 N–H and O–H groups in total. The zero-order valence-electron chi connectivity index (χ0n) is 22.0. The van der Waals surface area contributed by atoms with Crippen LogP contribution < -0.4 is 15.4 Å². The maximum atomic E-state index is 13.4. The molecule has 5 rings (SSSR count). The van der Waals surface area contributed by atoms with Crippen LogP contribution in [-0.4, -0.2) is 65.1 Å². The summed E-state index contributed by atoms with van der Waals surface area (Å²) >= 11 is 6.79. The fourth-order valence-corrected chi connectivity index (χ4v) is 6.64. The number of aromatic nitrogens is 1. The summed E-state index contributed by atoms with van der Waals surface area (Å²) in [5.41, 5.74) is 1.91. The first kappa shape index (κ1) is 27.4. The van der Waals surface area contributed by atoms with Crippen LogP contribution in [-0.2, 0) is 16.1 Å². The first-order chi connectivity index (χ1) is 18.8. The van der Waals surface area contributed by atoms with Crippen LogP contribution in [0, 0.1) is 24.1 Å². The quantitative estimate of drug-likeness (QED) is 0.384. The second-order valence-electron chi connectivity index (χ2n) is 9.78. The lowest BCUT2D eigenvalue weighted by Gasteiger charge is -2.39. The summed E-state index contributed by atoms with van der Waals surface area (Å²) in [6.07, 6.45) is 3.64. The van der Waals surface area contributed by atoms with Crippen molar-refractivity contribution in [1.29, 1.82) is 5.26 Å². The van der Waals surface area contributed by atoms with Gasteiger partial charge in [0.05, 0.1) is 17.6 Å². The molecule has 3 fully saturated rings. The number of hydrogen-bond acceptors (Lipinski definition) is 8. The Hall–Kier alpha value is -3.20. The summed E-state index contributed by atoms with van der Waals surface area (Å²) in [5.74, 6) is 0.241. The van der Waals surface area contributed by atoms with Gasteiger partial charge in [0.1, 0.15) is 27.6 Å². The number of amides is 1. The molecule has 1 unspecified atom stereocenters. The third kappa shape index (κ3) is 5.33. The second-order valence-corrected chi connectivity index (χ2v) is 11.5. The number of thioether (sulfide) groups is 1. The monoisotopic (exact) mass is 567 g/mol. The standard InChI is InChI=1S/C28H30FN5O3S2/c1-3-33-25(32-12-10-31(11-13-32)20-8-6-19(29)7-9-20)22(18(2)23(16-30)26(33)35)15-24-27(36)34(28(38)39-24)17-21-5-4-14-37-21/h6-9,15,21H,3-5,10-14,17H2,1-2H3. The maximum Gasteiger partial charge on any atom is 0.270 e. The van der Waals surface area contributed by atoms with Crippen LogP contribution in [0.2, 0.25) is 0 Å². The lowest BCUT2D eigenvalue weighted by atomic mass is 10.0. The molecular weight excluding hydrogens is 537 g/mol. The van der Waals surface area contributed by atoms with Crippen molar-refractivity contribution in [1.82, 2.24) is 9.47 Å². The van der Waals surface area contributed by atoms with E-state index in [1.165, 1.54) is 23.9 Å². The zero-order chi connectivity index (χ0) is 27.7. The Morgan fingerprint density at radius 1 is 1.18 bits per heavy atom. The molecule has 3 aliphatic heterocycles. The molecule has 11 heteroatoms. The summed E-state index contributed by atoms with van der Waals surface area (Å²) in [6, 6.07) is 8.52. The predicted octanol–water partition coefficient (Wildman–Crippen LogP) is 3.89. The number of nitrogens with zero attached hydrogens (tertiary/aromatic N) is 5. The van der Waals surface area contributed by atoms with E-state index in [-0.39, 0.29) is 29.0 Å². The smallest absolute Gasteiger partial charge is 0.270 e. The average molecular weight is 568 g/mol. The van der Waals surface area contributed by atoms with Gasteiger partial charge in [0.15, 0.2) is 0 Å². The van der Waals surface area contributed by atoms with E-state index in [0.717, 1.165) is 18.5 Å². The number of anilines is 2. The van der Waals surface area contributed by atoms with Crippen molar-refractivity contribution in [3.63, 3.8) is 0 Å². The molecule has 0 radical (unpaired) electrons. The van der Waals surface area contributed by atoms with Crippen molar-refractivity contribution in [2.75, 3.05) is 49.1 Å². The highest BCUT2D eigenvalue weighted by Crippen LogP contribution is 2.37. The van der Waals surface area contributed by atoms with Crippen LogP contribution in [0.25, 0.3) is 6.08 Å². The highest BCUT2D eigenvalue weighted by Gasteiger charge is 2.35. The van der Waals surface area contributed by atoms with Gasteiger partial charge >= 0.3 is 0 Å². The average Bonchev–Trinajstić information content (AvgIpc) is 3.55. The zero-order valence-corrected chi connectivity index (χ0v) is 23.6. The van der Waals surface area contributed by atoms with Crippen LogP contribution in [0.5, 0.6) is 0 Å². The molecule has 2 aromatic rings. The van der Waals surface area contributed by atoms with E-state index >= 15 is 0 Å². The van der Waals surface area contributed by atoms with Gasteiger partial charge in [-0.05, 0) is 62.6 Å². The Morgan fingerprint density at radius 3 is 2.49 bits per heavy atom. The lowest BCUT2D eigenvalue weighted by Crippen LogP contribution is -2.48. The molecule has 1 aromatic carbocycles. The van der Waals surface area contributed by atoms with Gasteiger partial charge in [0.2, 0.25) is 0 Å². The number of pyridine rings is 1. The Bertz CT molecular complexity index is 1420. The summed E-state index contributed by atoms with van der Waals surface area (Å²) in [4.78, 5) is 33.1. The Labute approximate surface area is 236 Å². The summed E-state index contributed by atoms with van der Waals surface area (Å²) in [5, 5.41) is 9.84. The van der Waals surface area contributed by atoms with Crippen LogP contribution in [0.3, 0.4) is 0 Å². The summed E-state index contributed by atoms with van der Waals surface area (Å²) in [7, 11) is 0. The molecule has 0 bridgehead atoms. The van der Waals surface area contributed by atoms with Crippen LogP contribution in [0.15, 0.2) is 34.0 Å². The summed E-state index contributed by atoms with van der Waals surface area (Å²) in [6.45, 7) is 7.71. The number of benzene rings is 1. The number of carbonyl (C=O) groups is 1. The summed E-state index contributed by atoms with van der Waals surface area (Å²) < 4.78 is 21.2. The molecule has 0 aliphatic carbocycles. The Kier molecular flexibility index (Phi) is 8.07. The molecule has 204 valence electrons. The van der Waals surface area contributed by atoms with Crippen molar-refractivity contribution < 1.29 is 13.9 Å². The molecule has 3 aliphatic rings. The first-order valence-corrected chi connectivity index (χ1v) is 14.3. The number of halogens is 1. The topological polar surface area (TPSA) is 81.8 Å². The molecule has 3 saturated heterocycles. The van der Waals surface area contributed by atoms with Gasteiger partial charge in [-0.15, -0.1) is 0 Å². The highest BCUT2D eigenvalue weighted by atomic mass is 32.2. The van der Waals surface area contributed by atoms with Gasteiger partial charge in [0, 0.05) is 50.6 Å². The largest absolute Gasteiger partial charge is 0.376 e. The van der Waals surface area contributed by atoms with Gasteiger partial charge in [-0.3, -0.25) is 19.1 Å². The van der Waals surface area contributed by atoms with Crippen LogP contribution >= 0.6 is 24.0 Å². The van der Waals surface area contributed by atoms with E-state index in [2.05, 4.69) is 15.9 Å². The van der Waals surface area contributed by atoms with Crippen molar-refractivity contribution in [2.45, 2.75) is 39.3 Å². The fourth-order valence-electron chi connectivity index (χ4n) is 5.39. The van der Waals surface area contributed by atoms with Gasteiger partial charge in [-0.2, -0.15) is 5.26 Å². The van der Waals surface area contributed by atoms with E-state index in [9.17, 15) is 19.2 Å². The van der Waals surface area contributed by atoms with Crippen molar-refractivity contribution >= 4 is 51.8 Å². The fraction of sp³-hybridized carbons (Fsp3) is 0.429. The molecular formula is C28H30FN5O3S2. The minimum absolute atomic E-state index is 0.0197. The number of nitriles is 1. The van der Waals surface area contributed by atoms with E-state index < -0.39 is 0 Å². The van der Waals surface area contributed by atoms with Gasteiger partial charge < -0.3 is 14.5 Å². The van der Waals surface area contributed by atoms with Crippen molar-refractivity contribution in [2.24, 2.45) is 0 Å². The normalized spacial score (nSPS) is 20.8. The third-order valence-corrected chi connectivity index (χ3v) is 8.87. The lowest BCUT2D eigenvalue weighted by molar-refractivity contribution is -0.123. The predicted molar refractivity (Wildman–Crippen MR) is 156 cm³/mol. The SMILES string of the molecule is CCn1c(N2CCN(c3ccc(F)cc3)CC2)c(C=C2SC(=S)N(CC3CCCO3)C2=O)c(C)c(C#N)c1=O. The van der Waals surface area contributed by atoms with Gasteiger partial charge in [-0.25, -0.2) is 4.39 Å². The number of ether oxygens (including phenoxy) is 1. The first-order valence-electron chi connectivity index (χ1n) is 13.1. The number of rotatable bonds is 6. The Morgan fingerprint density at radius 2 is 1.87 bits per heavy atom. The molecule has 39 heavy (non-hydrogen) atoms. The van der Waals surface area contributed by atoms with Crippen molar-refractivity contribution in [3.8, 4) is 6.07 Å². The third-order valence-electron chi connectivity index (χ3n) is 7.49. The van der Waals surface area contributed by atoms with E-state index in [1.54, 1.807) is 34.6 Å². The molecule has 0 spiro atoms. The second kappa shape index (κ2) is 11.5. The molecule has 1 aromatic heterocycles. The van der Waals surface area contributed by atoms with E-state index in [1.807, 2.05) is 6.92 Å². The van der Waals surface area contributed by atoms with Crippen LogP contribution in [0.1, 0.15) is 36.5 Å². The van der Waals surface area contributed by atoms with Crippen LogP contribution in [0.4, 0.5) is 15.9 Å². The number of piperazine rings is 1. The molecule has 8 nitrogen and oxygen atoms in total. The van der Waals surface area contributed by atoms with Gasteiger partial charge in [-0.1, -0.05) is 24.0 Å².